The molecule has 5 unspecified atom stereocenters. The molecular formula is C14H19ClO8. The van der Waals surface area contributed by atoms with Crippen LogP contribution in [0.15, 0.2) is 0 Å². The predicted octanol–water partition coefficient (Wildman–Crippen LogP) is 0.582. The highest BCUT2D eigenvalue weighted by Crippen LogP contribution is 2.33. The molecule has 23 heavy (non-hydrogen) atoms. The summed E-state index contributed by atoms with van der Waals surface area (Å²) in [5.74, 6) is -3.27. The summed E-state index contributed by atoms with van der Waals surface area (Å²) in [5, 5.41) is 0. The summed E-state index contributed by atoms with van der Waals surface area (Å²) in [7, 11) is 0. The Bertz CT molecular complexity index is 491. The lowest BCUT2D eigenvalue weighted by Gasteiger charge is -2.42. The first-order valence-corrected chi connectivity index (χ1v) is 7.35. The van der Waals surface area contributed by atoms with Gasteiger partial charge in [-0.25, -0.2) is 0 Å². The lowest BCUT2D eigenvalue weighted by atomic mass is 9.86. The summed E-state index contributed by atoms with van der Waals surface area (Å²) < 4.78 is 20.5. The topological polar surface area (TPSA) is 105 Å². The van der Waals surface area contributed by atoms with Crippen molar-refractivity contribution in [2.45, 2.75) is 51.6 Å². The minimum absolute atomic E-state index is 0.243. The molecule has 0 bridgehead atoms. The van der Waals surface area contributed by atoms with E-state index in [1.165, 1.54) is 13.8 Å². The second kappa shape index (κ2) is 8.26. The van der Waals surface area contributed by atoms with Gasteiger partial charge >= 0.3 is 17.9 Å². The molecule has 0 saturated carbocycles. The number of hydrogen-bond donors (Lipinski definition) is 0. The molecule has 0 aliphatic carbocycles. The van der Waals surface area contributed by atoms with E-state index in [0.717, 1.165) is 13.8 Å². The molecule has 9 heteroatoms. The van der Waals surface area contributed by atoms with Crippen molar-refractivity contribution >= 4 is 35.3 Å². The van der Waals surface area contributed by atoms with Gasteiger partial charge in [-0.1, -0.05) is 11.6 Å². The van der Waals surface area contributed by atoms with E-state index in [1.54, 1.807) is 0 Å². The first kappa shape index (κ1) is 19.4. The normalized spacial score (nSPS) is 30.2. The molecule has 1 saturated heterocycles. The van der Waals surface area contributed by atoms with E-state index in [2.05, 4.69) is 0 Å². The van der Waals surface area contributed by atoms with Crippen molar-refractivity contribution in [2.24, 2.45) is 5.92 Å². The Morgan fingerprint density at radius 1 is 0.913 bits per heavy atom. The smallest absolute Gasteiger partial charge is 0.303 e. The highest BCUT2D eigenvalue weighted by molar-refractivity contribution is 6.20. The zero-order valence-electron chi connectivity index (χ0n) is 13.2. The van der Waals surface area contributed by atoms with E-state index < -0.39 is 47.7 Å². The molecule has 0 aromatic carbocycles. The average Bonchev–Trinajstić information content (AvgIpc) is 2.38. The third-order valence-electron chi connectivity index (χ3n) is 3.17. The molecule has 130 valence electrons. The molecule has 5 atom stereocenters. The first-order chi connectivity index (χ1) is 10.6. The van der Waals surface area contributed by atoms with Crippen LogP contribution in [-0.2, 0) is 38.1 Å². The molecule has 1 aliphatic rings. The molecule has 1 rings (SSSR count). The standard InChI is InChI=1S/C14H19ClO8/c1-6(16)11-10(5-20-7(2)17)23-14(15)13(22-9(4)19)12(11)21-8(3)18/h10-14H,5H2,1-4H3. The van der Waals surface area contributed by atoms with Gasteiger partial charge < -0.3 is 18.9 Å². The van der Waals surface area contributed by atoms with Crippen LogP contribution in [0.4, 0.5) is 0 Å². The Balaban J connectivity index is 3.10. The Morgan fingerprint density at radius 2 is 1.43 bits per heavy atom. The molecule has 0 amide bonds. The van der Waals surface area contributed by atoms with Gasteiger partial charge in [0.15, 0.2) is 17.8 Å². The van der Waals surface area contributed by atoms with Crippen LogP contribution in [0.3, 0.4) is 0 Å². The van der Waals surface area contributed by atoms with Crippen molar-refractivity contribution in [1.82, 2.24) is 0 Å². The Hall–Kier alpha value is -1.67. The maximum absolute atomic E-state index is 12.0. The minimum Gasteiger partial charge on any atom is -0.463 e. The molecule has 1 heterocycles. The van der Waals surface area contributed by atoms with Crippen LogP contribution >= 0.6 is 11.6 Å². The van der Waals surface area contributed by atoms with Gasteiger partial charge in [0, 0.05) is 20.8 Å². The predicted molar refractivity (Wildman–Crippen MR) is 76.4 cm³/mol. The van der Waals surface area contributed by atoms with Crippen molar-refractivity contribution in [3.63, 3.8) is 0 Å². The number of ketones is 1. The van der Waals surface area contributed by atoms with Gasteiger partial charge in [0.1, 0.15) is 18.5 Å². The summed E-state index contributed by atoms with van der Waals surface area (Å²) in [6.07, 6.45) is -3.21. The Morgan fingerprint density at radius 3 is 1.87 bits per heavy atom. The van der Waals surface area contributed by atoms with E-state index in [1.807, 2.05) is 0 Å². The fourth-order valence-corrected chi connectivity index (χ4v) is 2.70. The van der Waals surface area contributed by atoms with Gasteiger partial charge in [0.2, 0.25) is 0 Å². The van der Waals surface area contributed by atoms with Crippen LogP contribution in [-0.4, -0.2) is 54.2 Å². The van der Waals surface area contributed by atoms with E-state index in [0.29, 0.717) is 0 Å². The van der Waals surface area contributed by atoms with Crippen LogP contribution in [0.1, 0.15) is 27.7 Å². The van der Waals surface area contributed by atoms with E-state index in [4.69, 9.17) is 30.5 Å². The third kappa shape index (κ3) is 5.47. The number of alkyl halides is 1. The number of esters is 3. The summed E-state index contributed by atoms with van der Waals surface area (Å²) in [6, 6.07) is 0. The zero-order valence-corrected chi connectivity index (χ0v) is 14.0. The van der Waals surface area contributed by atoms with Crippen LogP contribution in [0.2, 0.25) is 0 Å². The molecule has 0 aromatic rings. The largest absolute Gasteiger partial charge is 0.463 e. The van der Waals surface area contributed by atoms with Crippen LogP contribution < -0.4 is 0 Å². The summed E-state index contributed by atoms with van der Waals surface area (Å²) in [6.45, 7) is 4.54. The number of Topliss-reactive ketones (excluding diaryl/α,β-unsaturated/α-hetero) is 1. The molecule has 1 fully saturated rings. The average molecular weight is 351 g/mol. The van der Waals surface area contributed by atoms with Crippen molar-refractivity contribution in [1.29, 1.82) is 0 Å². The maximum atomic E-state index is 12.0. The van der Waals surface area contributed by atoms with Crippen molar-refractivity contribution in [3.05, 3.63) is 0 Å². The van der Waals surface area contributed by atoms with Gasteiger partial charge in [-0.05, 0) is 6.92 Å². The number of carbonyl (C=O) groups is 4. The molecule has 0 radical (unpaired) electrons. The summed E-state index contributed by atoms with van der Waals surface area (Å²) >= 11 is 6.04. The SMILES string of the molecule is CC(=O)OCC1OC(Cl)C(OC(C)=O)C(OC(C)=O)C1C(C)=O. The molecule has 0 spiro atoms. The van der Waals surface area contributed by atoms with E-state index in [-0.39, 0.29) is 12.4 Å². The number of hydrogen-bond acceptors (Lipinski definition) is 8. The van der Waals surface area contributed by atoms with Gasteiger partial charge in [0.05, 0.1) is 5.92 Å². The second-order valence-electron chi connectivity index (χ2n) is 5.11. The number of ether oxygens (including phenoxy) is 4. The lowest BCUT2D eigenvalue weighted by molar-refractivity contribution is -0.215. The van der Waals surface area contributed by atoms with Crippen LogP contribution in [0.5, 0.6) is 0 Å². The number of halogens is 1. The van der Waals surface area contributed by atoms with E-state index in [9.17, 15) is 19.2 Å². The minimum atomic E-state index is -1.17. The lowest BCUT2D eigenvalue weighted by Crippen LogP contribution is -2.58. The molecule has 0 aromatic heterocycles. The zero-order chi connectivity index (χ0) is 17.7. The Kier molecular flexibility index (Phi) is 6.96. The van der Waals surface area contributed by atoms with E-state index >= 15 is 0 Å². The monoisotopic (exact) mass is 350 g/mol. The highest BCUT2D eigenvalue weighted by Gasteiger charge is 2.51. The number of carbonyl (C=O) groups excluding carboxylic acids is 4. The summed E-state index contributed by atoms with van der Waals surface area (Å²) in [4.78, 5) is 45.5. The first-order valence-electron chi connectivity index (χ1n) is 6.91. The second-order valence-corrected chi connectivity index (χ2v) is 5.54. The molecular weight excluding hydrogens is 332 g/mol. The van der Waals surface area contributed by atoms with Gasteiger partial charge in [0.25, 0.3) is 0 Å². The van der Waals surface area contributed by atoms with Gasteiger partial charge in [-0.2, -0.15) is 0 Å². The fraction of sp³-hybridized carbons (Fsp3) is 0.714. The highest BCUT2D eigenvalue weighted by atomic mass is 35.5. The van der Waals surface area contributed by atoms with Crippen LogP contribution in [0, 0.1) is 5.92 Å². The molecule has 0 N–H and O–H groups in total. The third-order valence-corrected chi connectivity index (χ3v) is 3.52. The molecule has 8 nitrogen and oxygen atoms in total. The van der Waals surface area contributed by atoms with Crippen LogP contribution in [0.25, 0.3) is 0 Å². The maximum Gasteiger partial charge on any atom is 0.303 e. The quantitative estimate of drug-likeness (QED) is 0.403. The van der Waals surface area contributed by atoms with Gasteiger partial charge in [-0.3, -0.25) is 19.2 Å². The Labute approximate surface area is 138 Å². The fourth-order valence-electron chi connectivity index (χ4n) is 2.37. The van der Waals surface area contributed by atoms with Gasteiger partial charge in [-0.15, -0.1) is 0 Å². The van der Waals surface area contributed by atoms with Crippen molar-refractivity contribution in [2.75, 3.05) is 6.61 Å². The number of rotatable bonds is 5. The summed E-state index contributed by atoms with van der Waals surface area (Å²) in [5.41, 5.74) is -1.17. The van der Waals surface area contributed by atoms with Crippen molar-refractivity contribution < 1.29 is 38.1 Å². The van der Waals surface area contributed by atoms with Crippen molar-refractivity contribution in [3.8, 4) is 0 Å². The molecule has 1 aliphatic heterocycles.